The van der Waals surface area contributed by atoms with Crippen LogP contribution in [0.2, 0.25) is 5.02 Å². The van der Waals surface area contributed by atoms with Crippen molar-refractivity contribution in [2.24, 2.45) is 0 Å². The molecule has 0 aliphatic heterocycles. The normalized spacial score (nSPS) is 12.2. The van der Waals surface area contributed by atoms with E-state index in [1.54, 1.807) is 7.11 Å². The van der Waals surface area contributed by atoms with Crippen LogP contribution in [-0.2, 0) is 0 Å². The van der Waals surface area contributed by atoms with Crippen LogP contribution in [0.25, 0.3) is 0 Å². The Balaban J connectivity index is 2.48. The molecule has 2 aromatic rings. The van der Waals surface area contributed by atoms with Crippen LogP contribution >= 0.6 is 11.6 Å². The molecule has 3 heteroatoms. The molecular weight excluding hydrogens is 248 g/mol. The molecule has 2 rings (SSSR count). The predicted octanol–water partition coefficient (Wildman–Crippen LogP) is 3.74. The zero-order valence-electron chi connectivity index (χ0n) is 10.4. The predicted molar refractivity (Wildman–Crippen MR) is 73.2 cm³/mol. The minimum Gasteiger partial charge on any atom is -0.496 e. The smallest absolute Gasteiger partial charge is 0.125 e. The van der Waals surface area contributed by atoms with Crippen LogP contribution in [-0.4, -0.2) is 12.2 Å². The van der Waals surface area contributed by atoms with Crippen molar-refractivity contribution in [2.45, 2.75) is 13.0 Å². The summed E-state index contributed by atoms with van der Waals surface area (Å²) in [5, 5.41) is 11.0. The van der Waals surface area contributed by atoms with Crippen molar-refractivity contribution in [1.29, 1.82) is 0 Å². The summed E-state index contributed by atoms with van der Waals surface area (Å²) in [6.45, 7) is 1.92. The minimum atomic E-state index is -0.784. The lowest BCUT2D eigenvalue weighted by Gasteiger charge is -2.17. The summed E-state index contributed by atoms with van der Waals surface area (Å²) in [6.07, 6.45) is -0.784. The minimum absolute atomic E-state index is 0.593. The summed E-state index contributed by atoms with van der Waals surface area (Å²) < 4.78 is 5.25. The molecule has 0 fully saturated rings. The van der Waals surface area contributed by atoms with Crippen LogP contribution in [0.4, 0.5) is 0 Å². The highest BCUT2D eigenvalue weighted by Gasteiger charge is 2.18. The van der Waals surface area contributed by atoms with Gasteiger partial charge in [-0.1, -0.05) is 48.0 Å². The maximum Gasteiger partial charge on any atom is 0.125 e. The van der Waals surface area contributed by atoms with Crippen LogP contribution in [0.5, 0.6) is 5.75 Å². The lowest BCUT2D eigenvalue weighted by molar-refractivity contribution is 0.215. The molecule has 0 aliphatic carbocycles. The Labute approximate surface area is 112 Å². The first-order valence-electron chi connectivity index (χ1n) is 5.71. The fourth-order valence-electron chi connectivity index (χ4n) is 1.94. The summed E-state index contributed by atoms with van der Waals surface area (Å²) in [5.41, 5.74) is 2.36. The van der Waals surface area contributed by atoms with E-state index in [2.05, 4.69) is 0 Å². The van der Waals surface area contributed by atoms with Crippen molar-refractivity contribution in [3.8, 4) is 5.75 Å². The molecule has 1 N–H and O–H groups in total. The molecule has 0 amide bonds. The first-order valence-corrected chi connectivity index (χ1v) is 6.09. The lowest BCUT2D eigenvalue weighted by atomic mass is 9.99. The van der Waals surface area contributed by atoms with Crippen molar-refractivity contribution in [2.75, 3.05) is 7.11 Å². The van der Waals surface area contributed by atoms with Crippen molar-refractivity contribution < 1.29 is 9.84 Å². The monoisotopic (exact) mass is 262 g/mol. The van der Waals surface area contributed by atoms with E-state index in [0.717, 1.165) is 5.56 Å². The van der Waals surface area contributed by atoms with E-state index in [0.29, 0.717) is 21.9 Å². The number of hydrogen-bond acceptors (Lipinski definition) is 2. The summed E-state index contributed by atoms with van der Waals surface area (Å²) in [4.78, 5) is 0. The Morgan fingerprint density at radius 2 is 1.72 bits per heavy atom. The Bertz CT molecular complexity index is 552. The number of benzene rings is 2. The number of ether oxygens (including phenoxy) is 1. The van der Waals surface area contributed by atoms with Gasteiger partial charge < -0.3 is 9.84 Å². The maximum atomic E-state index is 10.4. The van der Waals surface area contributed by atoms with Gasteiger partial charge >= 0.3 is 0 Å². The molecule has 94 valence electrons. The molecule has 0 aliphatic rings. The van der Waals surface area contributed by atoms with E-state index in [1.165, 1.54) is 0 Å². The van der Waals surface area contributed by atoms with E-state index in [4.69, 9.17) is 16.3 Å². The van der Waals surface area contributed by atoms with Gasteiger partial charge in [0.25, 0.3) is 0 Å². The van der Waals surface area contributed by atoms with Gasteiger partial charge in [-0.2, -0.15) is 0 Å². The molecule has 0 saturated carbocycles. The number of aryl methyl sites for hydroxylation is 1. The van der Waals surface area contributed by atoms with Crippen LogP contribution in [0.1, 0.15) is 22.8 Å². The summed E-state index contributed by atoms with van der Waals surface area (Å²) in [6, 6.07) is 13.0. The SMILES string of the molecule is COc1ccccc1C(O)c1cccc(C)c1Cl. The molecule has 0 radical (unpaired) electrons. The Morgan fingerprint density at radius 3 is 2.44 bits per heavy atom. The second-order valence-electron chi connectivity index (χ2n) is 4.12. The van der Waals surface area contributed by atoms with Gasteiger partial charge in [0.1, 0.15) is 11.9 Å². The molecule has 0 heterocycles. The molecule has 0 bridgehead atoms. The van der Waals surface area contributed by atoms with Crippen molar-refractivity contribution in [1.82, 2.24) is 0 Å². The first kappa shape index (κ1) is 12.9. The van der Waals surface area contributed by atoms with Gasteiger partial charge in [0.05, 0.1) is 7.11 Å². The summed E-state index contributed by atoms with van der Waals surface area (Å²) in [5.74, 6) is 0.655. The fraction of sp³-hybridized carbons (Fsp3) is 0.200. The van der Waals surface area contributed by atoms with Crippen molar-refractivity contribution in [3.05, 3.63) is 64.2 Å². The Morgan fingerprint density at radius 1 is 1.06 bits per heavy atom. The third kappa shape index (κ3) is 2.35. The molecule has 1 unspecified atom stereocenters. The van der Waals surface area contributed by atoms with Gasteiger partial charge in [-0.15, -0.1) is 0 Å². The molecule has 0 spiro atoms. The van der Waals surface area contributed by atoms with Crippen LogP contribution < -0.4 is 4.74 Å². The summed E-state index contributed by atoms with van der Waals surface area (Å²) in [7, 11) is 1.59. The highest BCUT2D eigenvalue weighted by atomic mass is 35.5. The molecular formula is C15H15ClO2. The second-order valence-corrected chi connectivity index (χ2v) is 4.50. The average Bonchev–Trinajstić information content (AvgIpc) is 2.41. The van der Waals surface area contributed by atoms with Crippen LogP contribution in [0, 0.1) is 6.92 Å². The molecule has 1 atom stereocenters. The molecule has 2 aromatic carbocycles. The number of aliphatic hydroxyl groups is 1. The highest BCUT2D eigenvalue weighted by molar-refractivity contribution is 6.32. The van der Waals surface area contributed by atoms with Crippen LogP contribution in [0.3, 0.4) is 0 Å². The van der Waals surface area contributed by atoms with Crippen molar-refractivity contribution >= 4 is 11.6 Å². The molecule has 18 heavy (non-hydrogen) atoms. The quantitative estimate of drug-likeness (QED) is 0.913. The van der Waals surface area contributed by atoms with E-state index < -0.39 is 6.10 Å². The van der Waals surface area contributed by atoms with Gasteiger partial charge in [-0.3, -0.25) is 0 Å². The third-order valence-electron chi connectivity index (χ3n) is 2.95. The third-order valence-corrected chi connectivity index (χ3v) is 3.47. The van der Waals surface area contributed by atoms with Crippen molar-refractivity contribution in [3.63, 3.8) is 0 Å². The molecule has 2 nitrogen and oxygen atoms in total. The molecule has 0 saturated heterocycles. The Hall–Kier alpha value is -1.51. The second kappa shape index (κ2) is 5.42. The lowest BCUT2D eigenvalue weighted by Crippen LogP contribution is -2.03. The van der Waals surface area contributed by atoms with Gasteiger partial charge in [0, 0.05) is 16.1 Å². The molecule has 0 aromatic heterocycles. The van der Waals surface area contributed by atoms with Gasteiger partial charge in [-0.25, -0.2) is 0 Å². The van der Waals surface area contributed by atoms with Gasteiger partial charge in [0.2, 0.25) is 0 Å². The number of rotatable bonds is 3. The number of halogens is 1. The van der Waals surface area contributed by atoms with Crippen LogP contribution in [0.15, 0.2) is 42.5 Å². The number of hydrogen-bond donors (Lipinski definition) is 1. The zero-order valence-corrected chi connectivity index (χ0v) is 11.1. The highest BCUT2D eigenvalue weighted by Crippen LogP contribution is 2.34. The largest absolute Gasteiger partial charge is 0.496 e. The summed E-state index contributed by atoms with van der Waals surface area (Å²) >= 11 is 6.23. The topological polar surface area (TPSA) is 29.5 Å². The number of aliphatic hydroxyl groups excluding tert-OH is 1. The van der Waals surface area contributed by atoms with E-state index in [1.807, 2.05) is 49.4 Å². The maximum absolute atomic E-state index is 10.4. The van der Waals surface area contributed by atoms with E-state index in [9.17, 15) is 5.11 Å². The van der Waals surface area contributed by atoms with E-state index in [-0.39, 0.29) is 0 Å². The average molecular weight is 263 g/mol. The standard InChI is InChI=1S/C15H15ClO2/c1-10-6-5-8-12(14(10)16)15(17)11-7-3-4-9-13(11)18-2/h3-9,15,17H,1-2H3. The fourth-order valence-corrected chi connectivity index (χ4v) is 2.17. The van der Waals surface area contributed by atoms with E-state index >= 15 is 0 Å². The Kier molecular flexibility index (Phi) is 3.90. The first-order chi connectivity index (χ1) is 8.65. The van der Waals surface area contributed by atoms with Gasteiger partial charge in [0.15, 0.2) is 0 Å². The zero-order chi connectivity index (χ0) is 13.1. The number of para-hydroxylation sites is 1. The van der Waals surface area contributed by atoms with Gasteiger partial charge in [-0.05, 0) is 18.6 Å². The number of methoxy groups -OCH3 is 1.